The fourth-order valence-corrected chi connectivity index (χ4v) is 2.05. The summed E-state index contributed by atoms with van der Waals surface area (Å²) in [4.78, 5) is 25.2. The molecule has 0 heterocycles. The van der Waals surface area contributed by atoms with Gasteiger partial charge in [-0.3, -0.25) is 9.59 Å². The molecule has 4 nitrogen and oxygen atoms in total. The number of carbonyl (C=O) groups is 2. The third-order valence-electron chi connectivity index (χ3n) is 2.42. The highest BCUT2D eigenvalue weighted by Gasteiger charge is 2.21. The van der Waals surface area contributed by atoms with Crippen LogP contribution in [0.5, 0.6) is 0 Å². The molecule has 1 aromatic rings. The molecule has 1 aromatic carbocycles. The van der Waals surface area contributed by atoms with Crippen molar-refractivity contribution in [2.75, 3.05) is 13.6 Å². The highest BCUT2D eigenvalue weighted by Crippen LogP contribution is 2.21. The van der Waals surface area contributed by atoms with Crippen molar-refractivity contribution >= 4 is 27.7 Å². The Morgan fingerprint density at radius 1 is 1.35 bits per heavy atom. The van der Waals surface area contributed by atoms with Crippen molar-refractivity contribution in [1.82, 2.24) is 10.2 Å². The number of hydrogen-bond donors (Lipinski definition) is 1. The lowest BCUT2D eigenvalue weighted by Gasteiger charge is -2.23. The molecule has 0 saturated carbocycles. The van der Waals surface area contributed by atoms with Crippen molar-refractivity contribution in [3.8, 4) is 0 Å². The lowest BCUT2D eigenvalue weighted by atomic mass is 10.1. The molecule has 0 spiro atoms. The number of nitrogens with one attached hydrogen (secondary N) is 1. The Hall–Kier alpha value is -1.43. The molecule has 0 aliphatic carbocycles. The fraction of sp³-hybridized carbons (Fsp3) is 0.429. The third-order valence-corrected chi connectivity index (χ3v) is 3.23. The van der Waals surface area contributed by atoms with Gasteiger partial charge in [0.2, 0.25) is 5.91 Å². The minimum Gasteiger partial charge on any atom is -0.350 e. The Labute approximate surface area is 126 Å². The van der Waals surface area contributed by atoms with Crippen molar-refractivity contribution in [2.45, 2.75) is 26.3 Å². The average Bonchev–Trinajstić information content (AvgIpc) is 2.29. The number of carbonyl (C=O) groups excluding carboxylic acids is 2. The van der Waals surface area contributed by atoms with Crippen LogP contribution >= 0.6 is 15.9 Å². The number of rotatable bonds is 3. The molecule has 110 valence electrons. The fourth-order valence-electron chi connectivity index (χ4n) is 1.62. The molecule has 0 bridgehead atoms. The molecule has 2 amide bonds. The first-order valence-electron chi connectivity index (χ1n) is 6.12. The van der Waals surface area contributed by atoms with Crippen LogP contribution in [0.2, 0.25) is 0 Å². The van der Waals surface area contributed by atoms with Crippen molar-refractivity contribution in [3.05, 3.63) is 34.1 Å². The van der Waals surface area contributed by atoms with E-state index in [1.54, 1.807) is 0 Å². The zero-order valence-electron chi connectivity index (χ0n) is 12.0. The van der Waals surface area contributed by atoms with E-state index in [4.69, 9.17) is 0 Å². The van der Waals surface area contributed by atoms with E-state index in [0.717, 1.165) is 0 Å². The number of halogens is 2. The van der Waals surface area contributed by atoms with E-state index >= 15 is 0 Å². The lowest BCUT2D eigenvalue weighted by molar-refractivity contribution is -0.122. The van der Waals surface area contributed by atoms with Crippen LogP contribution in [-0.4, -0.2) is 35.8 Å². The second-order valence-corrected chi connectivity index (χ2v) is 6.35. The summed E-state index contributed by atoms with van der Waals surface area (Å²) in [6.45, 7) is 5.49. The Balaban J connectivity index is 2.77. The summed E-state index contributed by atoms with van der Waals surface area (Å²) in [5.74, 6) is -1.19. The standard InChI is InChI=1S/C14H18BrFN2O2/c1-14(2,3)17-11(19)8-18(4)13(20)9-6-5-7-10(16)12(9)15/h5-7H,8H2,1-4H3,(H,17,19). The molecule has 0 fully saturated rings. The molecule has 0 unspecified atom stereocenters. The van der Waals surface area contributed by atoms with E-state index in [9.17, 15) is 14.0 Å². The topological polar surface area (TPSA) is 49.4 Å². The normalized spacial score (nSPS) is 11.1. The third kappa shape index (κ3) is 4.59. The summed E-state index contributed by atoms with van der Waals surface area (Å²) in [6, 6.07) is 4.22. The van der Waals surface area contributed by atoms with E-state index in [-0.39, 0.29) is 28.0 Å². The number of benzene rings is 1. The smallest absolute Gasteiger partial charge is 0.255 e. The average molecular weight is 345 g/mol. The van der Waals surface area contributed by atoms with E-state index in [1.807, 2.05) is 20.8 Å². The van der Waals surface area contributed by atoms with Gasteiger partial charge in [-0.1, -0.05) is 6.07 Å². The predicted molar refractivity (Wildman–Crippen MR) is 79.0 cm³/mol. The number of nitrogens with zero attached hydrogens (tertiary/aromatic N) is 1. The molecule has 1 N–H and O–H groups in total. The number of hydrogen-bond acceptors (Lipinski definition) is 2. The van der Waals surface area contributed by atoms with Gasteiger partial charge in [0.05, 0.1) is 16.6 Å². The summed E-state index contributed by atoms with van der Waals surface area (Å²) in [5, 5.41) is 2.76. The highest BCUT2D eigenvalue weighted by molar-refractivity contribution is 9.10. The lowest BCUT2D eigenvalue weighted by Crippen LogP contribution is -2.46. The van der Waals surface area contributed by atoms with Gasteiger partial charge in [0.1, 0.15) is 5.82 Å². The molecule has 1 rings (SSSR count). The Morgan fingerprint density at radius 3 is 2.50 bits per heavy atom. The summed E-state index contributed by atoms with van der Waals surface area (Å²) in [7, 11) is 1.50. The van der Waals surface area contributed by atoms with Crippen molar-refractivity contribution in [2.24, 2.45) is 0 Å². The molecular weight excluding hydrogens is 327 g/mol. The van der Waals surface area contributed by atoms with Gasteiger partial charge in [-0.2, -0.15) is 0 Å². The van der Waals surface area contributed by atoms with Gasteiger partial charge in [-0.25, -0.2) is 4.39 Å². The van der Waals surface area contributed by atoms with Crippen LogP contribution < -0.4 is 5.32 Å². The van der Waals surface area contributed by atoms with Crippen molar-refractivity contribution in [1.29, 1.82) is 0 Å². The Morgan fingerprint density at radius 2 is 1.95 bits per heavy atom. The van der Waals surface area contributed by atoms with Crippen LogP contribution in [0.1, 0.15) is 31.1 Å². The minimum atomic E-state index is -0.511. The van der Waals surface area contributed by atoms with Crippen LogP contribution in [0.25, 0.3) is 0 Å². The van der Waals surface area contributed by atoms with Gasteiger partial charge in [0.25, 0.3) is 5.91 Å². The molecular formula is C14H18BrFN2O2. The zero-order chi connectivity index (χ0) is 15.5. The van der Waals surface area contributed by atoms with Gasteiger partial charge in [0, 0.05) is 12.6 Å². The first-order valence-corrected chi connectivity index (χ1v) is 6.91. The Kier molecular flexibility index (Phi) is 5.28. The van der Waals surface area contributed by atoms with Crippen LogP contribution in [0.3, 0.4) is 0 Å². The SMILES string of the molecule is CN(CC(=O)NC(C)(C)C)C(=O)c1cccc(F)c1Br. The van der Waals surface area contributed by atoms with Crippen LogP contribution in [0, 0.1) is 5.82 Å². The molecule has 0 radical (unpaired) electrons. The molecule has 0 saturated heterocycles. The molecule has 6 heteroatoms. The largest absolute Gasteiger partial charge is 0.350 e. The van der Waals surface area contributed by atoms with Crippen LogP contribution in [0.4, 0.5) is 4.39 Å². The van der Waals surface area contributed by atoms with E-state index < -0.39 is 11.7 Å². The molecule has 0 aliphatic rings. The second-order valence-electron chi connectivity index (χ2n) is 5.56. The zero-order valence-corrected chi connectivity index (χ0v) is 13.5. The minimum absolute atomic E-state index is 0.0843. The van der Waals surface area contributed by atoms with Crippen molar-refractivity contribution in [3.63, 3.8) is 0 Å². The summed E-state index contributed by atoms with van der Waals surface area (Å²) in [5.41, 5.74) is -0.170. The van der Waals surface area contributed by atoms with Gasteiger partial charge < -0.3 is 10.2 Å². The van der Waals surface area contributed by atoms with Gasteiger partial charge in [-0.05, 0) is 48.8 Å². The van der Waals surface area contributed by atoms with Gasteiger partial charge >= 0.3 is 0 Å². The number of amides is 2. The van der Waals surface area contributed by atoms with E-state index in [1.165, 1.54) is 30.1 Å². The summed E-state index contributed by atoms with van der Waals surface area (Å²) >= 11 is 3.04. The monoisotopic (exact) mass is 344 g/mol. The maximum Gasteiger partial charge on any atom is 0.255 e. The molecule has 0 aliphatic heterocycles. The van der Waals surface area contributed by atoms with Gasteiger partial charge in [-0.15, -0.1) is 0 Å². The summed E-state index contributed by atoms with van der Waals surface area (Å²) < 4.78 is 13.5. The maximum absolute atomic E-state index is 13.4. The van der Waals surface area contributed by atoms with E-state index in [0.29, 0.717) is 0 Å². The predicted octanol–water partition coefficient (Wildman–Crippen LogP) is 2.57. The summed E-state index contributed by atoms with van der Waals surface area (Å²) in [6.07, 6.45) is 0. The number of likely N-dealkylation sites (N-methyl/N-ethyl adjacent to an activating group) is 1. The quantitative estimate of drug-likeness (QED) is 0.916. The molecule has 20 heavy (non-hydrogen) atoms. The Bertz CT molecular complexity index is 526. The highest BCUT2D eigenvalue weighted by atomic mass is 79.9. The maximum atomic E-state index is 13.4. The van der Waals surface area contributed by atoms with Crippen LogP contribution in [0.15, 0.2) is 22.7 Å². The van der Waals surface area contributed by atoms with Crippen LogP contribution in [-0.2, 0) is 4.79 Å². The molecule has 0 aromatic heterocycles. The first kappa shape index (κ1) is 16.6. The first-order chi connectivity index (χ1) is 9.11. The van der Waals surface area contributed by atoms with E-state index in [2.05, 4.69) is 21.2 Å². The van der Waals surface area contributed by atoms with Crippen molar-refractivity contribution < 1.29 is 14.0 Å². The second kappa shape index (κ2) is 6.35. The molecule has 0 atom stereocenters. The van der Waals surface area contributed by atoms with Gasteiger partial charge in [0.15, 0.2) is 0 Å².